The van der Waals surface area contributed by atoms with Gasteiger partial charge in [0.25, 0.3) is 0 Å². The summed E-state index contributed by atoms with van der Waals surface area (Å²) in [5, 5.41) is 9.21. The smallest absolute Gasteiger partial charge is 0.324 e. The molecule has 0 spiro atoms. The van der Waals surface area contributed by atoms with E-state index in [4.69, 9.17) is 9.47 Å². The molecule has 0 radical (unpaired) electrons. The Balaban J connectivity index is 2.19. The summed E-state index contributed by atoms with van der Waals surface area (Å²) in [6.07, 6.45) is 1.30. The monoisotopic (exact) mass is 405 g/mol. The fourth-order valence-corrected chi connectivity index (χ4v) is 3.78. The largest absolute Gasteiger partial charge is 0.460 e. The molecule has 1 N–H and O–H groups in total. The van der Waals surface area contributed by atoms with Crippen molar-refractivity contribution >= 4 is 16.0 Å². The molecule has 0 aromatic heterocycles. The van der Waals surface area contributed by atoms with Crippen LogP contribution in [0, 0.1) is 0 Å². The van der Waals surface area contributed by atoms with E-state index in [-0.39, 0.29) is 24.5 Å². The number of aliphatic hydroxyl groups is 1. The van der Waals surface area contributed by atoms with E-state index < -0.39 is 22.0 Å². The summed E-state index contributed by atoms with van der Waals surface area (Å²) in [7, 11) is -2.70. The molecule has 0 saturated heterocycles. The first kappa shape index (κ1) is 21.6. The zero-order valence-corrected chi connectivity index (χ0v) is 16.3. The minimum absolute atomic E-state index is 0.00475. The van der Waals surface area contributed by atoms with Crippen LogP contribution < -0.4 is 4.74 Å². The molecule has 0 heterocycles. The molecule has 0 unspecified atom stereocenters. The number of likely N-dealkylation sites (N-methyl/N-ethyl adjacent to an activating group) is 1. The number of aliphatic hydroxyl groups excluding tert-OH is 1. The van der Waals surface area contributed by atoms with Gasteiger partial charge in [0.05, 0.1) is 4.90 Å². The Hall–Kier alpha value is -2.68. The lowest BCUT2D eigenvalue weighted by molar-refractivity contribution is -0.147. The predicted molar refractivity (Wildman–Crippen MR) is 105 cm³/mol. The highest BCUT2D eigenvalue weighted by atomic mass is 32.2. The topological polar surface area (TPSA) is 93.1 Å². The third-order valence-electron chi connectivity index (χ3n) is 3.94. The second-order valence-corrected chi connectivity index (χ2v) is 7.85. The van der Waals surface area contributed by atoms with E-state index in [2.05, 4.69) is 6.58 Å². The number of carbonyl (C=O) groups is 1. The Labute approximate surface area is 164 Å². The van der Waals surface area contributed by atoms with Crippen LogP contribution in [-0.4, -0.2) is 50.1 Å². The molecule has 0 aliphatic rings. The van der Waals surface area contributed by atoms with E-state index in [1.807, 2.05) is 18.2 Å². The van der Waals surface area contributed by atoms with E-state index in [9.17, 15) is 18.3 Å². The number of esters is 1. The van der Waals surface area contributed by atoms with Crippen molar-refractivity contribution in [2.24, 2.45) is 0 Å². The number of ether oxygens (including phenoxy) is 2. The number of benzene rings is 2. The van der Waals surface area contributed by atoms with Gasteiger partial charge in [-0.05, 0) is 42.8 Å². The van der Waals surface area contributed by atoms with Crippen LogP contribution in [0.5, 0.6) is 11.5 Å². The lowest BCUT2D eigenvalue weighted by Crippen LogP contribution is -2.43. The zero-order chi connectivity index (χ0) is 20.6. The van der Waals surface area contributed by atoms with Crippen molar-refractivity contribution in [3.8, 4) is 11.5 Å². The average Bonchev–Trinajstić information content (AvgIpc) is 2.71. The van der Waals surface area contributed by atoms with Crippen LogP contribution in [0.25, 0.3) is 0 Å². The van der Waals surface area contributed by atoms with Crippen molar-refractivity contribution in [3.05, 3.63) is 67.3 Å². The molecule has 0 aliphatic carbocycles. The van der Waals surface area contributed by atoms with Gasteiger partial charge < -0.3 is 14.6 Å². The highest BCUT2D eigenvalue weighted by molar-refractivity contribution is 7.89. The van der Waals surface area contributed by atoms with Gasteiger partial charge in [-0.3, -0.25) is 4.79 Å². The van der Waals surface area contributed by atoms with E-state index in [1.54, 1.807) is 12.1 Å². The van der Waals surface area contributed by atoms with Crippen molar-refractivity contribution in [2.75, 3.05) is 20.3 Å². The lowest BCUT2D eigenvalue weighted by atomic mass is 10.2. The molecule has 2 aromatic carbocycles. The van der Waals surface area contributed by atoms with Crippen molar-refractivity contribution in [1.82, 2.24) is 4.31 Å². The highest BCUT2D eigenvalue weighted by Gasteiger charge is 2.33. The Morgan fingerprint density at radius 1 is 1.14 bits per heavy atom. The average molecular weight is 405 g/mol. The van der Waals surface area contributed by atoms with Gasteiger partial charge in [-0.2, -0.15) is 4.31 Å². The minimum atomic E-state index is -3.98. The Morgan fingerprint density at radius 2 is 1.75 bits per heavy atom. The number of sulfonamides is 1. The SMILES string of the molecule is C=CCOC(=O)[C@@H](CCO)N(C)S(=O)(=O)c1ccc(Oc2ccccc2)cc1. The van der Waals surface area contributed by atoms with Gasteiger partial charge in [-0.1, -0.05) is 30.9 Å². The van der Waals surface area contributed by atoms with Gasteiger partial charge in [0.15, 0.2) is 0 Å². The van der Waals surface area contributed by atoms with Gasteiger partial charge in [-0.25, -0.2) is 8.42 Å². The van der Waals surface area contributed by atoms with Gasteiger partial charge in [0.2, 0.25) is 10.0 Å². The van der Waals surface area contributed by atoms with Crippen LogP contribution in [-0.2, 0) is 19.6 Å². The van der Waals surface area contributed by atoms with E-state index in [0.717, 1.165) is 4.31 Å². The van der Waals surface area contributed by atoms with E-state index in [1.165, 1.54) is 37.4 Å². The van der Waals surface area contributed by atoms with Crippen LogP contribution in [0.1, 0.15) is 6.42 Å². The summed E-state index contributed by atoms with van der Waals surface area (Å²) in [6.45, 7) is 3.04. The maximum atomic E-state index is 12.9. The molecule has 0 aliphatic heterocycles. The maximum Gasteiger partial charge on any atom is 0.324 e. The molecule has 28 heavy (non-hydrogen) atoms. The molecular formula is C20H23NO6S. The summed E-state index contributed by atoms with van der Waals surface area (Å²) >= 11 is 0. The van der Waals surface area contributed by atoms with Crippen molar-refractivity contribution < 1.29 is 27.8 Å². The van der Waals surface area contributed by atoms with Gasteiger partial charge in [0.1, 0.15) is 24.1 Å². The van der Waals surface area contributed by atoms with Crippen LogP contribution in [0.3, 0.4) is 0 Å². The molecule has 7 nitrogen and oxygen atoms in total. The summed E-state index contributed by atoms with van der Waals surface area (Å²) < 4.78 is 37.2. The quantitative estimate of drug-likeness (QED) is 0.482. The molecule has 2 rings (SSSR count). The van der Waals surface area contributed by atoms with Gasteiger partial charge in [0, 0.05) is 13.7 Å². The number of hydrogen-bond acceptors (Lipinski definition) is 6. The first-order valence-electron chi connectivity index (χ1n) is 8.59. The maximum absolute atomic E-state index is 12.9. The predicted octanol–water partition coefficient (Wildman–Crippen LogP) is 2.58. The zero-order valence-electron chi connectivity index (χ0n) is 15.5. The second-order valence-electron chi connectivity index (χ2n) is 5.85. The summed E-state index contributed by atoms with van der Waals surface area (Å²) in [5.74, 6) is 0.359. The molecule has 0 amide bonds. The fraction of sp³-hybridized carbons (Fsp3) is 0.250. The first-order chi connectivity index (χ1) is 13.4. The Kier molecular flexibility index (Phi) is 7.74. The lowest BCUT2D eigenvalue weighted by Gasteiger charge is -2.25. The molecule has 1 atom stereocenters. The third kappa shape index (κ3) is 5.41. The number of hydrogen-bond donors (Lipinski definition) is 1. The standard InChI is InChI=1S/C20H23NO6S/c1-3-15-26-20(23)19(13-14-22)21(2)28(24,25)18-11-9-17(10-12-18)27-16-7-5-4-6-8-16/h3-12,19,22H,1,13-15H2,2H3/t19-/m1/s1. The summed E-state index contributed by atoms with van der Waals surface area (Å²) in [6, 6.07) is 13.8. The van der Waals surface area contributed by atoms with Crippen molar-refractivity contribution in [1.29, 1.82) is 0 Å². The Morgan fingerprint density at radius 3 is 2.32 bits per heavy atom. The Bertz CT molecular complexity index is 881. The minimum Gasteiger partial charge on any atom is -0.460 e. The molecule has 150 valence electrons. The molecule has 0 bridgehead atoms. The van der Waals surface area contributed by atoms with Crippen LogP contribution in [0.15, 0.2) is 72.1 Å². The number of rotatable bonds is 10. The van der Waals surface area contributed by atoms with Crippen LogP contribution >= 0.6 is 0 Å². The summed E-state index contributed by atoms with van der Waals surface area (Å²) in [4.78, 5) is 12.2. The highest BCUT2D eigenvalue weighted by Crippen LogP contribution is 2.25. The van der Waals surface area contributed by atoms with Crippen LogP contribution in [0.2, 0.25) is 0 Å². The van der Waals surface area contributed by atoms with E-state index in [0.29, 0.717) is 11.5 Å². The van der Waals surface area contributed by atoms with Crippen molar-refractivity contribution in [3.63, 3.8) is 0 Å². The molecule has 0 saturated carbocycles. The normalized spacial score (nSPS) is 12.4. The first-order valence-corrected chi connectivity index (χ1v) is 10.0. The molecule has 0 fully saturated rings. The van der Waals surface area contributed by atoms with Crippen LogP contribution in [0.4, 0.5) is 0 Å². The second kappa shape index (κ2) is 10.0. The molecule has 8 heteroatoms. The van der Waals surface area contributed by atoms with E-state index >= 15 is 0 Å². The number of carbonyl (C=O) groups excluding carboxylic acids is 1. The molecular weight excluding hydrogens is 382 g/mol. The van der Waals surface area contributed by atoms with Gasteiger partial charge in [-0.15, -0.1) is 0 Å². The summed E-state index contributed by atoms with van der Waals surface area (Å²) in [5.41, 5.74) is 0. The van der Waals surface area contributed by atoms with Gasteiger partial charge >= 0.3 is 5.97 Å². The van der Waals surface area contributed by atoms with Crippen molar-refractivity contribution in [2.45, 2.75) is 17.4 Å². The fourth-order valence-electron chi connectivity index (χ4n) is 2.45. The molecule has 2 aromatic rings. The number of nitrogens with zero attached hydrogens (tertiary/aromatic N) is 1. The number of para-hydroxylation sites is 1. The third-order valence-corrected chi connectivity index (χ3v) is 5.82.